The molecule has 0 fully saturated rings. The number of rotatable bonds is 2. The first-order chi connectivity index (χ1) is 13.1. The molecule has 1 N–H and O–H groups in total. The molecule has 1 aromatic heterocycles. The van der Waals surface area contributed by atoms with E-state index in [1.165, 1.54) is 5.56 Å². The van der Waals surface area contributed by atoms with E-state index < -0.39 is 11.8 Å². The van der Waals surface area contributed by atoms with Gasteiger partial charge in [-0.2, -0.15) is 0 Å². The van der Waals surface area contributed by atoms with Crippen molar-refractivity contribution in [1.29, 1.82) is 0 Å². The minimum absolute atomic E-state index is 0.0298. The molecule has 3 aromatic rings. The molecule has 27 heavy (non-hydrogen) atoms. The predicted molar refractivity (Wildman–Crippen MR) is 100 cm³/mol. The highest BCUT2D eigenvalue weighted by Crippen LogP contribution is 2.33. The first-order valence-corrected chi connectivity index (χ1v) is 8.78. The summed E-state index contributed by atoms with van der Waals surface area (Å²) >= 11 is 0. The lowest BCUT2D eigenvalue weighted by Crippen LogP contribution is -2.44. The van der Waals surface area contributed by atoms with Gasteiger partial charge in [0.05, 0.1) is 0 Å². The van der Waals surface area contributed by atoms with Crippen LogP contribution in [-0.2, 0) is 16.1 Å². The number of carbonyl (C=O) groups is 2. The van der Waals surface area contributed by atoms with Crippen molar-refractivity contribution in [3.05, 3.63) is 83.1 Å². The number of anilines is 1. The maximum absolute atomic E-state index is 12.8. The quantitative estimate of drug-likeness (QED) is 0.712. The number of fused-ring (bicyclic) bond motifs is 1. The number of nitrogens with one attached hydrogen (secondary N) is 1. The molecule has 136 valence electrons. The zero-order chi connectivity index (χ0) is 18.8. The average Bonchev–Trinajstić information content (AvgIpc) is 3.11. The van der Waals surface area contributed by atoms with Crippen LogP contribution in [0.15, 0.2) is 65.2 Å². The van der Waals surface area contributed by atoms with E-state index in [2.05, 4.69) is 16.5 Å². The van der Waals surface area contributed by atoms with Crippen molar-refractivity contribution in [2.45, 2.75) is 19.4 Å². The van der Waals surface area contributed by atoms with Gasteiger partial charge in [0, 0.05) is 25.1 Å². The van der Waals surface area contributed by atoms with Crippen LogP contribution < -0.4 is 5.32 Å². The fraction of sp³-hybridized carbons (Fsp3) is 0.190. The predicted octanol–water partition coefficient (Wildman–Crippen LogP) is 3.10. The Hall–Kier alpha value is -3.41. The number of nitrogens with zero attached hydrogens (tertiary/aromatic N) is 2. The van der Waals surface area contributed by atoms with E-state index in [9.17, 15) is 9.59 Å². The van der Waals surface area contributed by atoms with E-state index in [4.69, 9.17) is 4.52 Å². The largest absolute Gasteiger partial charge is 0.360 e. The molecule has 0 saturated heterocycles. The summed E-state index contributed by atoms with van der Waals surface area (Å²) in [6.45, 7) is 2.57. The van der Waals surface area contributed by atoms with E-state index in [1.807, 2.05) is 48.5 Å². The highest BCUT2D eigenvalue weighted by Gasteiger charge is 2.32. The topological polar surface area (TPSA) is 75.4 Å². The summed E-state index contributed by atoms with van der Waals surface area (Å²) in [4.78, 5) is 26.7. The van der Waals surface area contributed by atoms with Crippen LogP contribution in [0.4, 0.5) is 5.82 Å². The molecule has 0 saturated carbocycles. The van der Waals surface area contributed by atoms with E-state index in [0.717, 1.165) is 11.1 Å². The zero-order valence-corrected chi connectivity index (χ0v) is 14.9. The van der Waals surface area contributed by atoms with Gasteiger partial charge >= 0.3 is 11.8 Å². The van der Waals surface area contributed by atoms with Gasteiger partial charge in [-0.3, -0.25) is 14.9 Å². The Balaban J connectivity index is 1.59. The van der Waals surface area contributed by atoms with Gasteiger partial charge < -0.3 is 9.42 Å². The van der Waals surface area contributed by atoms with E-state index in [1.54, 1.807) is 17.9 Å². The smallest absolute Gasteiger partial charge is 0.315 e. The summed E-state index contributed by atoms with van der Waals surface area (Å²) in [7, 11) is 0. The van der Waals surface area contributed by atoms with E-state index >= 15 is 0 Å². The highest BCUT2D eigenvalue weighted by molar-refractivity contribution is 6.39. The fourth-order valence-corrected chi connectivity index (χ4v) is 3.47. The summed E-state index contributed by atoms with van der Waals surface area (Å²) in [6, 6.07) is 19.7. The summed E-state index contributed by atoms with van der Waals surface area (Å²) in [5, 5.41) is 6.21. The Morgan fingerprint density at radius 1 is 1.11 bits per heavy atom. The molecule has 4 rings (SSSR count). The van der Waals surface area contributed by atoms with Gasteiger partial charge in [0.25, 0.3) is 0 Å². The van der Waals surface area contributed by atoms with Crippen molar-refractivity contribution in [3.63, 3.8) is 0 Å². The van der Waals surface area contributed by atoms with Gasteiger partial charge in [-0.15, -0.1) is 0 Å². The summed E-state index contributed by atoms with van der Waals surface area (Å²) in [5.74, 6) is -0.459. The number of hydrogen-bond acceptors (Lipinski definition) is 4. The van der Waals surface area contributed by atoms with Gasteiger partial charge in [0.15, 0.2) is 5.82 Å². The second-order valence-electron chi connectivity index (χ2n) is 6.62. The molecule has 1 aliphatic heterocycles. The minimum atomic E-state index is -0.713. The Morgan fingerprint density at radius 3 is 2.59 bits per heavy atom. The van der Waals surface area contributed by atoms with Crippen LogP contribution in [0.1, 0.15) is 28.4 Å². The number of amides is 2. The zero-order valence-electron chi connectivity index (χ0n) is 14.9. The summed E-state index contributed by atoms with van der Waals surface area (Å²) < 4.78 is 4.92. The summed E-state index contributed by atoms with van der Waals surface area (Å²) in [5.41, 5.74) is 3.37. The lowest BCUT2D eigenvalue weighted by Gasteiger charge is -2.34. The third-order valence-electron chi connectivity index (χ3n) is 4.75. The molecule has 0 spiro atoms. The number of aromatic nitrogens is 1. The average molecular weight is 361 g/mol. The molecule has 2 amide bonds. The number of hydrogen-bond donors (Lipinski definition) is 1. The van der Waals surface area contributed by atoms with Crippen molar-refractivity contribution in [2.24, 2.45) is 0 Å². The number of aryl methyl sites for hydroxylation is 1. The molecule has 6 nitrogen and oxygen atoms in total. The Morgan fingerprint density at radius 2 is 1.85 bits per heavy atom. The lowest BCUT2D eigenvalue weighted by molar-refractivity contribution is -0.143. The molecule has 1 unspecified atom stereocenters. The molecule has 2 heterocycles. The van der Waals surface area contributed by atoms with Crippen LogP contribution in [0, 0.1) is 6.92 Å². The van der Waals surface area contributed by atoms with Crippen LogP contribution in [0.25, 0.3) is 0 Å². The van der Waals surface area contributed by atoms with Crippen molar-refractivity contribution in [3.8, 4) is 0 Å². The molecule has 0 aliphatic carbocycles. The maximum Gasteiger partial charge on any atom is 0.315 e. The molecule has 0 radical (unpaired) electrons. The maximum atomic E-state index is 12.8. The van der Waals surface area contributed by atoms with Crippen LogP contribution in [0.2, 0.25) is 0 Å². The second-order valence-corrected chi connectivity index (χ2v) is 6.62. The highest BCUT2D eigenvalue weighted by atomic mass is 16.5. The minimum Gasteiger partial charge on any atom is -0.360 e. The molecule has 1 atom stereocenters. The number of benzene rings is 2. The van der Waals surface area contributed by atoms with Crippen LogP contribution in [-0.4, -0.2) is 28.4 Å². The second kappa shape index (κ2) is 7.07. The Bertz CT molecular complexity index is 981. The molecule has 0 bridgehead atoms. The first-order valence-electron chi connectivity index (χ1n) is 8.78. The van der Waals surface area contributed by atoms with Crippen molar-refractivity contribution in [2.75, 3.05) is 11.9 Å². The van der Waals surface area contributed by atoms with Crippen LogP contribution in [0.3, 0.4) is 0 Å². The van der Waals surface area contributed by atoms with Gasteiger partial charge in [-0.1, -0.05) is 59.8 Å². The van der Waals surface area contributed by atoms with Crippen molar-refractivity contribution in [1.82, 2.24) is 10.1 Å². The molecular formula is C21H19N3O3. The van der Waals surface area contributed by atoms with Crippen molar-refractivity contribution < 1.29 is 14.1 Å². The lowest BCUT2D eigenvalue weighted by atomic mass is 9.84. The molecular weight excluding hydrogens is 342 g/mol. The van der Waals surface area contributed by atoms with Gasteiger partial charge in [0.1, 0.15) is 5.76 Å². The number of carbonyl (C=O) groups excluding carboxylic acids is 2. The Labute approximate surface area is 156 Å². The van der Waals surface area contributed by atoms with E-state index in [0.29, 0.717) is 18.8 Å². The Kier molecular flexibility index (Phi) is 4.46. The summed E-state index contributed by atoms with van der Waals surface area (Å²) in [6.07, 6.45) is 0. The van der Waals surface area contributed by atoms with Gasteiger partial charge in [-0.05, 0) is 23.6 Å². The third kappa shape index (κ3) is 3.46. The van der Waals surface area contributed by atoms with Crippen LogP contribution >= 0.6 is 0 Å². The third-order valence-corrected chi connectivity index (χ3v) is 4.75. The molecule has 1 aliphatic rings. The normalized spacial score (nSPS) is 15.9. The monoisotopic (exact) mass is 361 g/mol. The van der Waals surface area contributed by atoms with E-state index in [-0.39, 0.29) is 11.7 Å². The van der Waals surface area contributed by atoms with Gasteiger partial charge in [-0.25, -0.2) is 0 Å². The molecule has 6 heteroatoms. The molecule has 2 aromatic carbocycles. The first kappa shape index (κ1) is 17.0. The SMILES string of the molecule is Cc1cc(NC(=O)C(=O)N2Cc3ccccc3C(c3ccccc3)C2)no1. The van der Waals surface area contributed by atoms with Crippen molar-refractivity contribution >= 4 is 17.6 Å². The van der Waals surface area contributed by atoms with Gasteiger partial charge in [0.2, 0.25) is 0 Å². The van der Waals surface area contributed by atoms with Crippen LogP contribution in [0.5, 0.6) is 0 Å². The standard InChI is InChI=1S/C21H19N3O3/c1-14-11-19(23-27-14)22-20(25)21(26)24-12-16-9-5-6-10-17(16)18(13-24)15-7-3-2-4-8-15/h2-11,18H,12-13H2,1H3,(H,22,23,25). The fourth-order valence-electron chi connectivity index (χ4n) is 3.47.